The predicted octanol–water partition coefficient (Wildman–Crippen LogP) is 5.35. The Labute approximate surface area is 148 Å². The van der Waals surface area contributed by atoms with Crippen molar-refractivity contribution in [2.24, 2.45) is 5.41 Å². The molecule has 0 aliphatic heterocycles. The lowest BCUT2D eigenvalue weighted by Crippen LogP contribution is -2.20. The Bertz CT molecular complexity index is 880. The lowest BCUT2D eigenvalue weighted by molar-refractivity contribution is 0.202. The minimum Gasteiger partial charge on any atom is -0.339 e. The summed E-state index contributed by atoms with van der Waals surface area (Å²) in [5, 5.41) is 4.23. The van der Waals surface area contributed by atoms with Gasteiger partial charge in [0.15, 0.2) is 0 Å². The molecule has 0 radical (unpaired) electrons. The van der Waals surface area contributed by atoms with Crippen molar-refractivity contribution in [3.05, 3.63) is 30.4 Å². The number of benzene rings is 1. The molecule has 4 rings (SSSR count). The normalized spacial score (nSPS) is 18.3. The van der Waals surface area contributed by atoms with Crippen LogP contribution < -0.4 is 0 Å². The molecule has 1 fully saturated rings. The van der Waals surface area contributed by atoms with Gasteiger partial charge in [-0.15, -0.1) is 0 Å². The van der Waals surface area contributed by atoms with Crippen molar-refractivity contribution in [1.82, 2.24) is 19.7 Å². The molecule has 0 amide bonds. The standard InChI is InChI=1S/C20H26N4O/c1-13(2)24-12-21-16-11-15(5-6-17(16)24)18-22-19(25-23-18)14-7-9-20(3,4)10-8-14/h5-6,11-14H,7-10H2,1-4H3. The number of hydrogen-bond donors (Lipinski definition) is 0. The maximum absolute atomic E-state index is 5.60. The summed E-state index contributed by atoms with van der Waals surface area (Å²) < 4.78 is 7.77. The number of fused-ring (bicyclic) bond motifs is 1. The number of imidazole rings is 1. The highest BCUT2D eigenvalue weighted by molar-refractivity contribution is 5.80. The van der Waals surface area contributed by atoms with Gasteiger partial charge in [-0.1, -0.05) is 19.0 Å². The summed E-state index contributed by atoms with van der Waals surface area (Å²) >= 11 is 0. The number of hydrogen-bond acceptors (Lipinski definition) is 4. The molecule has 1 aliphatic carbocycles. The summed E-state index contributed by atoms with van der Waals surface area (Å²) in [6, 6.07) is 6.59. The first-order valence-electron chi connectivity index (χ1n) is 9.23. The monoisotopic (exact) mass is 338 g/mol. The van der Waals surface area contributed by atoms with Gasteiger partial charge in [0.25, 0.3) is 0 Å². The van der Waals surface area contributed by atoms with Crippen molar-refractivity contribution in [1.29, 1.82) is 0 Å². The molecule has 1 aromatic carbocycles. The van der Waals surface area contributed by atoms with E-state index >= 15 is 0 Å². The van der Waals surface area contributed by atoms with Gasteiger partial charge < -0.3 is 9.09 Å². The maximum atomic E-state index is 5.60. The number of nitrogens with zero attached hydrogens (tertiary/aromatic N) is 4. The van der Waals surface area contributed by atoms with E-state index in [4.69, 9.17) is 4.52 Å². The first-order valence-corrected chi connectivity index (χ1v) is 9.23. The van der Waals surface area contributed by atoms with E-state index < -0.39 is 0 Å². The van der Waals surface area contributed by atoms with Crippen LogP contribution in [0.2, 0.25) is 0 Å². The minimum absolute atomic E-state index is 0.392. The van der Waals surface area contributed by atoms with Gasteiger partial charge in [-0.05, 0) is 63.1 Å². The van der Waals surface area contributed by atoms with E-state index in [-0.39, 0.29) is 0 Å². The van der Waals surface area contributed by atoms with E-state index in [0.717, 1.165) is 35.3 Å². The first-order chi connectivity index (χ1) is 11.9. The molecule has 5 nitrogen and oxygen atoms in total. The van der Waals surface area contributed by atoms with Gasteiger partial charge in [-0.25, -0.2) is 4.98 Å². The van der Waals surface area contributed by atoms with Crippen molar-refractivity contribution in [2.45, 2.75) is 65.3 Å². The molecule has 25 heavy (non-hydrogen) atoms. The van der Waals surface area contributed by atoms with Crippen molar-refractivity contribution < 1.29 is 4.52 Å². The van der Waals surface area contributed by atoms with Crippen LogP contribution in [0.5, 0.6) is 0 Å². The third-order valence-electron chi connectivity index (χ3n) is 5.52. The predicted molar refractivity (Wildman–Crippen MR) is 98.4 cm³/mol. The van der Waals surface area contributed by atoms with Crippen LogP contribution in [0.4, 0.5) is 0 Å². The summed E-state index contributed by atoms with van der Waals surface area (Å²) in [6.45, 7) is 9.00. The maximum Gasteiger partial charge on any atom is 0.230 e. The average Bonchev–Trinajstić information content (AvgIpc) is 3.21. The summed E-state index contributed by atoms with van der Waals surface area (Å²) in [5.41, 5.74) is 3.51. The Morgan fingerprint density at radius 3 is 2.68 bits per heavy atom. The van der Waals surface area contributed by atoms with Crippen LogP contribution in [0.25, 0.3) is 22.4 Å². The van der Waals surface area contributed by atoms with Crippen molar-refractivity contribution in [3.8, 4) is 11.4 Å². The van der Waals surface area contributed by atoms with Crippen LogP contribution >= 0.6 is 0 Å². The molecular weight excluding hydrogens is 312 g/mol. The molecule has 0 unspecified atom stereocenters. The quantitative estimate of drug-likeness (QED) is 0.646. The molecule has 0 spiro atoms. The van der Waals surface area contributed by atoms with Crippen LogP contribution in [0.1, 0.15) is 71.2 Å². The molecule has 1 aliphatic rings. The fraction of sp³-hybridized carbons (Fsp3) is 0.550. The summed E-state index contributed by atoms with van der Waals surface area (Å²) in [6.07, 6.45) is 6.59. The van der Waals surface area contributed by atoms with E-state index in [2.05, 4.69) is 59.5 Å². The zero-order valence-electron chi connectivity index (χ0n) is 15.5. The van der Waals surface area contributed by atoms with Crippen molar-refractivity contribution in [3.63, 3.8) is 0 Å². The molecule has 5 heteroatoms. The highest BCUT2D eigenvalue weighted by Crippen LogP contribution is 2.42. The van der Waals surface area contributed by atoms with Crippen LogP contribution in [-0.4, -0.2) is 19.7 Å². The highest BCUT2D eigenvalue weighted by atomic mass is 16.5. The smallest absolute Gasteiger partial charge is 0.230 e. The van der Waals surface area contributed by atoms with E-state index in [9.17, 15) is 0 Å². The van der Waals surface area contributed by atoms with E-state index in [1.165, 1.54) is 12.8 Å². The Morgan fingerprint density at radius 2 is 1.96 bits per heavy atom. The molecule has 0 saturated heterocycles. The van der Waals surface area contributed by atoms with Gasteiger partial charge in [0.1, 0.15) is 0 Å². The fourth-order valence-electron chi connectivity index (χ4n) is 3.75. The van der Waals surface area contributed by atoms with Gasteiger partial charge >= 0.3 is 0 Å². The van der Waals surface area contributed by atoms with E-state index in [1.54, 1.807) is 0 Å². The number of aromatic nitrogens is 4. The number of rotatable bonds is 3. The third-order valence-corrected chi connectivity index (χ3v) is 5.52. The second-order valence-corrected chi connectivity index (χ2v) is 8.34. The average molecular weight is 338 g/mol. The molecule has 2 heterocycles. The Balaban J connectivity index is 1.59. The van der Waals surface area contributed by atoms with Gasteiger partial charge in [-0.2, -0.15) is 4.98 Å². The Hall–Kier alpha value is -2.17. The third kappa shape index (κ3) is 3.08. The first kappa shape index (κ1) is 16.3. The molecule has 132 valence electrons. The molecule has 2 aromatic heterocycles. The molecule has 0 atom stereocenters. The minimum atomic E-state index is 0.392. The largest absolute Gasteiger partial charge is 0.339 e. The summed E-state index contributed by atoms with van der Waals surface area (Å²) in [7, 11) is 0. The lowest BCUT2D eigenvalue weighted by Gasteiger charge is -2.32. The van der Waals surface area contributed by atoms with Crippen LogP contribution in [0.15, 0.2) is 29.0 Å². The SMILES string of the molecule is CC(C)n1cnc2cc(-c3noc(C4CCC(C)(C)CC4)n3)ccc21. The van der Waals surface area contributed by atoms with Crippen LogP contribution in [-0.2, 0) is 0 Å². The van der Waals surface area contributed by atoms with Crippen LogP contribution in [0, 0.1) is 5.41 Å². The fourth-order valence-corrected chi connectivity index (χ4v) is 3.75. The van der Waals surface area contributed by atoms with Crippen molar-refractivity contribution in [2.75, 3.05) is 0 Å². The molecule has 0 bridgehead atoms. The van der Waals surface area contributed by atoms with Crippen LogP contribution in [0.3, 0.4) is 0 Å². The van der Waals surface area contributed by atoms with E-state index in [1.807, 2.05) is 12.4 Å². The van der Waals surface area contributed by atoms with Gasteiger partial charge in [0.2, 0.25) is 11.7 Å². The second kappa shape index (κ2) is 5.97. The van der Waals surface area contributed by atoms with Crippen molar-refractivity contribution >= 4 is 11.0 Å². The summed E-state index contributed by atoms with van der Waals surface area (Å²) in [5.74, 6) is 1.86. The zero-order chi connectivity index (χ0) is 17.6. The van der Waals surface area contributed by atoms with Gasteiger partial charge in [-0.3, -0.25) is 0 Å². The van der Waals surface area contributed by atoms with Gasteiger partial charge in [0, 0.05) is 17.5 Å². The molecule has 0 N–H and O–H groups in total. The molecular formula is C20H26N4O. The second-order valence-electron chi connectivity index (χ2n) is 8.34. The topological polar surface area (TPSA) is 56.7 Å². The van der Waals surface area contributed by atoms with E-state index in [0.29, 0.717) is 23.2 Å². The molecule has 3 aromatic rings. The molecule has 1 saturated carbocycles. The lowest BCUT2D eigenvalue weighted by atomic mass is 9.73. The van der Waals surface area contributed by atoms with Gasteiger partial charge in [0.05, 0.1) is 17.4 Å². The highest BCUT2D eigenvalue weighted by Gasteiger charge is 2.30. The Kier molecular flexibility index (Phi) is 3.89. The zero-order valence-corrected chi connectivity index (χ0v) is 15.5. The Morgan fingerprint density at radius 1 is 1.20 bits per heavy atom. The summed E-state index contributed by atoms with van der Waals surface area (Å²) in [4.78, 5) is 9.20.